The molecule has 3 aromatic rings. The Morgan fingerprint density at radius 2 is 2.04 bits per heavy atom. The van der Waals surface area contributed by atoms with Crippen LogP contribution in [0.1, 0.15) is 33.7 Å². The first-order valence-corrected chi connectivity index (χ1v) is 8.23. The van der Waals surface area contributed by atoms with Gasteiger partial charge in [0.25, 0.3) is 5.91 Å². The molecule has 0 aliphatic heterocycles. The molecule has 0 unspecified atom stereocenters. The summed E-state index contributed by atoms with van der Waals surface area (Å²) in [6.07, 6.45) is 0. The van der Waals surface area contributed by atoms with E-state index in [2.05, 4.69) is 15.4 Å². The molecule has 2 heterocycles. The Kier molecular flexibility index (Phi) is 4.29. The van der Waals surface area contributed by atoms with Crippen LogP contribution < -0.4 is 10.1 Å². The molecule has 0 aliphatic rings. The largest absolute Gasteiger partial charge is 0.494 e. The fraction of sp³-hybridized carbons (Fsp3) is 0.312. The molecule has 3 rings (SSSR count). The molecule has 0 fully saturated rings. The first kappa shape index (κ1) is 15.5. The van der Waals surface area contributed by atoms with E-state index < -0.39 is 0 Å². The maximum atomic E-state index is 12.3. The Hall–Kier alpha value is -2.41. The minimum absolute atomic E-state index is 0.130. The Morgan fingerprint density at radius 3 is 2.74 bits per heavy atom. The molecule has 1 amide bonds. The fourth-order valence-electron chi connectivity index (χ4n) is 2.32. The van der Waals surface area contributed by atoms with Crippen molar-refractivity contribution < 1.29 is 9.53 Å². The molecule has 1 aromatic carbocycles. The summed E-state index contributed by atoms with van der Waals surface area (Å²) in [4.78, 5) is 17.6. The van der Waals surface area contributed by atoms with Gasteiger partial charge in [0.15, 0.2) is 0 Å². The third kappa shape index (κ3) is 3.19. The second kappa shape index (κ2) is 6.37. The van der Waals surface area contributed by atoms with E-state index in [1.54, 1.807) is 28.8 Å². The molecule has 0 saturated carbocycles. The van der Waals surface area contributed by atoms with Crippen LogP contribution in [-0.2, 0) is 6.54 Å². The number of hydrogen-bond donors (Lipinski definition) is 1. The van der Waals surface area contributed by atoms with Gasteiger partial charge < -0.3 is 10.1 Å². The minimum atomic E-state index is -0.130. The second-order valence-corrected chi connectivity index (χ2v) is 6.26. The van der Waals surface area contributed by atoms with Gasteiger partial charge in [-0.3, -0.25) is 4.79 Å². The number of aryl methyl sites for hydroxylation is 2. The zero-order valence-corrected chi connectivity index (χ0v) is 14.1. The van der Waals surface area contributed by atoms with Crippen LogP contribution in [-0.4, -0.2) is 27.1 Å². The maximum absolute atomic E-state index is 12.3. The first-order valence-electron chi connectivity index (χ1n) is 7.41. The Morgan fingerprint density at radius 1 is 1.30 bits per heavy atom. The smallest absolute Gasteiger partial charge is 0.251 e. The van der Waals surface area contributed by atoms with Gasteiger partial charge in [0.05, 0.1) is 24.5 Å². The number of amides is 1. The van der Waals surface area contributed by atoms with Gasteiger partial charge in [-0.2, -0.15) is 5.10 Å². The highest BCUT2D eigenvalue weighted by Gasteiger charge is 2.14. The number of fused-ring (bicyclic) bond motifs is 1. The topological polar surface area (TPSA) is 68.5 Å². The number of aromatic nitrogens is 3. The van der Waals surface area contributed by atoms with Gasteiger partial charge in [0.1, 0.15) is 10.8 Å². The zero-order chi connectivity index (χ0) is 16.4. The van der Waals surface area contributed by atoms with Gasteiger partial charge in [-0.15, -0.1) is 0 Å². The van der Waals surface area contributed by atoms with Gasteiger partial charge >= 0.3 is 0 Å². The highest BCUT2D eigenvalue weighted by Crippen LogP contribution is 2.18. The van der Waals surface area contributed by atoms with Gasteiger partial charge in [-0.25, -0.2) is 9.50 Å². The number of carbonyl (C=O) groups excluding carboxylic acids is 1. The van der Waals surface area contributed by atoms with E-state index in [0.717, 1.165) is 27.1 Å². The summed E-state index contributed by atoms with van der Waals surface area (Å²) < 4.78 is 7.17. The molecule has 0 aliphatic carbocycles. The quantitative estimate of drug-likeness (QED) is 0.781. The lowest BCUT2D eigenvalue weighted by Crippen LogP contribution is -2.24. The summed E-state index contributed by atoms with van der Waals surface area (Å²) in [6, 6.07) is 7.10. The average molecular weight is 330 g/mol. The second-order valence-electron chi connectivity index (χ2n) is 5.10. The van der Waals surface area contributed by atoms with Crippen LogP contribution in [0.3, 0.4) is 0 Å². The lowest BCUT2D eigenvalue weighted by atomic mass is 10.2. The highest BCUT2D eigenvalue weighted by molar-refractivity contribution is 7.16. The lowest BCUT2D eigenvalue weighted by Gasteiger charge is -2.07. The number of benzene rings is 1. The number of imidazole rings is 1. The van der Waals surface area contributed by atoms with Gasteiger partial charge in [0, 0.05) is 5.56 Å². The molecular formula is C16H18N4O2S. The van der Waals surface area contributed by atoms with Crippen LogP contribution in [0.15, 0.2) is 24.3 Å². The molecule has 0 bridgehead atoms. The number of rotatable bonds is 5. The lowest BCUT2D eigenvalue weighted by molar-refractivity contribution is 0.0950. The number of carbonyl (C=O) groups is 1. The highest BCUT2D eigenvalue weighted by atomic mass is 32.1. The van der Waals surface area contributed by atoms with Gasteiger partial charge in [-0.1, -0.05) is 11.3 Å². The molecule has 0 radical (unpaired) electrons. The summed E-state index contributed by atoms with van der Waals surface area (Å²) in [7, 11) is 0. The Labute approximate surface area is 138 Å². The SMILES string of the molecule is CCOc1ccc(C(=O)NCc2c(C)nc3sc(C)nn23)cc1. The van der Waals surface area contributed by atoms with Crippen molar-refractivity contribution in [2.75, 3.05) is 6.61 Å². The predicted molar refractivity (Wildman–Crippen MR) is 89.1 cm³/mol. The van der Waals surface area contributed by atoms with Crippen molar-refractivity contribution in [3.05, 3.63) is 46.2 Å². The molecule has 7 heteroatoms. The normalized spacial score (nSPS) is 10.9. The van der Waals surface area contributed by atoms with E-state index in [1.165, 1.54) is 11.3 Å². The van der Waals surface area contributed by atoms with Crippen LogP contribution in [0.4, 0.5) is 0 Å². The molecule has 1 N–H and O–H groups in total. The van der Waals surface area contributed by atoms with Crippen LogP contribution in [0.25, 0.3) is 4.96 Å². The van der Waals surface area contributed by atoms with Crippen molar-refractivity contribution in [1.29, 1.82) is 0 Å². The third-order valence-corrected chi connectivity index (χ3v) is 4.27. The summed E-state index contributed by atoms with van der Waals surface area (Å²) in [5.74, 6) is 0.629. The fourth-order valence-corrected chi connectivity index (χ4v) is 3.13. The molecule has 0 saturated heterocycles. The van der Waals surface area contributed by atoms with Crippen molar-refractivity contribution in [1.82, 2.24) is 19.9 Å². The molecule has 2 aromatic heterocycles. The summed E-state index contributed by atoms with van der Waals surface area (Å²) in [5, 5.41) is 8.29. The molecule has 0 atom stereocenters. The maximum Gasteiger partial charge on any atom is 0.251 e. The van der Waals surface area contributed by atoms with Crippen LogP contribution in [0, 0.1) is 13.8 Å². The van der Waals surface area contributed by atoms with E-state index in [9.17, 15) is 4.79 Å². The van der Waals surface area contributed by atoms with E-state index in [-0.39, 0.29) is 5.91 Å². The monoisotopic (exact) mass is 330 g/mol. The Balaban J connectivity index is 1.71. The van der Waals surface area contributed by atoms with Crippen molar-refractivity contribution in [3.63, 3.8) is 0 Å². The van der Waals surface area contributed by atoms with Crippen molar-refractivity contribution in [3.8, 4) is 5.75 Å². The van der Waals surface area contributed by atoms with Crippen molar-refractivity contribution in [2.24, 2.45) is 0 Å². The summed E-state index contributed by atoms with van der Waals surface area (Å²) >= 11 is 1.54. The number of ether oxygens (including phenoxy) is 1. The standard InChI is InChI=1S/C16H18N4O2S/c1-4-22-13-7-5-12(6-8-13)15(21)17-9-14-10(2)18-16-20(14)19-11(3)23-16/h5-8H,4,9H2,1-3H3,(H,17,21). The Bertz CT molecular complexity index is 836. The zero-order valence-electron chi connectivity index (χ0n) is 13.3. The van der Waals surface area contributed by atoms with Crippen molar-refractivity contribution >= 4 is 22.2 Å². The molecular weight excluding hydrogens is 312 g/mol. The van der Waals surface area contributed by atoms with Gasteiger partial charge in [-0.05, 0) is 45.0 Å². The summed E-state index contributed by atoms with van der Waals surface area (Å²) in [5.41, 5.74) is 2.39. The van der Waals surface area contributed by atoms with E-state index in [0.29, 0.717) is 18.7 Å². The number of nitrogens with one attached hydrogen (secondary N) is 1. The number of nitrogens with zero attached hydrogens (tertiary/aromatic N) is 3. The molecule has 0 spiro atoms. The molecule has 120 valence electrons. The van der Waals surface area contributed by atoms with Crippen LogP contribution in [0.2, 0.25) is 0 Å². The number of hydrogen-bond acceptors (Lipinski definition) is 5. The van der Waals surface area contributed by atoms with E-state index in [1.807, 2.05) is 20.8 Å². The predicted octanol–water partition coefficient (Wildman–Crippen LogP) is 2.74. The third-order valence-electron chi connectivity index (χ3n) is 3.44. The first-order chi connectivity index (χ1) is 11.1. The van der Waals surface area contributed by atoms with E-state index >= 15 is 0 Å². The summed E-state index contributed by atoms with van der Waals surface area (Å²) in [6.45, 7) is 6.79. The van der Waals surface area contributed by atoms with Crippen LogP contribution >= 0.6 is 11.3 Å². The minimum Gasteiger partial charge on any atom is -0.494 e. The van der Waals surface area contributed by atoms with Gasteiger partial charge in [0.2, 0.25) is 4.96 Å². The van der Waals surface area contributed by atoms with Crippen molar-refractivity contribution in [2.45, 2.75) is 27.3 Å². The van der Waals surface area contributed by atoms with E-state index in [4.69, 9.17) is 4.74 Å². The molecule has 6 nitrogen and oxygen atoms in total. The van der Waals surface area contributed by atoms with Crippen LogP contribution in [0.5, 0.6) is 5.75 Å². The molecule has 23 heavy (non-hydrogen) atoms. The average Bonchev–Trinajstić information content (AvgIpc) is 3.01.